The van der Waals surface area contributed by atoms with Gasteiger partial charge in [0.2, 0.25) is 0 Å². The Balaban J connectivity index is 2.22. The van der Waals surface area contributed by atoms with Gasteiger partial charge >= 0.3 is 0 Å². The maximum absolute atomic E-state index is 10.8. The van der Waals surface area contributed by atoms with E-state index in [0.29, 0.717) is 11.3 Å². The lowest BCUT2D eigenvalue weighted by Gasteiger charge is -2.40. The van der Waals surface area contributed by atoms with Crippen molar-refractivity contribution in [3.8, 4) is 0 Å². The fourth-order valence-corrected chi connectivity index (χ4v) is 2.25. The molecule has 1 aromatic rings. The first-order valence-electron chi connectivity index (χ1n) is 6.67. The van der Waals surface area contributed by atoms with E-state index in [1.54, 1.807) is 6.92 Å². The summed E-state index contributed by atoms with van der Waals surface area (Å²) in [4.78, 5) is 10.2. The molecule has 1 aromatic carbocycles. The van der Waals surface area contributed by atoms with Gasteiger partial charge in [-0.1, -0.05) is 6.07 Å². The zero-order valence-corrected chi connectivity index (χ0v) is 11.8. The number of aliphatic hydroxyl groups is 4. The Bertz CT molecular complexity index is 551. The van der Waals surface area contributed by atoms with Crippen molar-refractivity contribution < 1.29 is 30.1 Å². The molecular formula is C13H18N2O7. The smallest absolute Gasteiger partial charge is 0.271 e. The molecule has 5 N–H and O–H groups in total. The van der Waals surface area contributed by atoms with E-state index < -0.39 is 42.2 Å². The number of benzene rings is 1. The van der Waals surface area contributed by atoms with Gasteiger partial charge in [0.25, 0.3) is 5.69 Å². The number of anilines is 1. The molecule has 9 nitrogen and oxygen atoms in total. The minimum absolute atomic E-state index is 0.141. The molecular weight excluding hydrogens is 296 g/mol. The van der Waals surface area contributed by atoms with Gasteiger partial charge in [-0.15, -0.1) is 0 Å². The van der Waals surface area contributed by atoms with Crippen molar-refractivity contribution >= 4 is 11.4 Å². The average Bonchev–Trinajstić information content (AvgIpc) is 2.49. The first-order chi connectivity index (χ1) is 10.3. The van der Waals surface area contributed by atoms with Gasteiger partial charge in [-0.05, 0) is 12.5 Å². The van der Waals surface area contributed by atoms with Crippen molar-refractivity contribution in [3.05, 3.63) is 33.9 Å². The number of nitrogens with one attached hydrogen (secondary N) is 1. The topological polar surface area (TPSA) is 145 Å². The van der Waals surface area contributed by atoms with Gasteiger partial charge in [0.05, 0.1) is 11.5 Å². The van der Waals surface area contributed by atoms with Gasteiger partial charge < -0.3 is 30.5 Å². The number of ether oxygens (including phenoxy) is 1. The lowest BCUT2D eigenvalue weighted by Crippen LogP contribution is -2.60. The molecule has 5 atom stereocenters. The van der Waals surface area contributed by atoms with Crippen LogP contribution in [0.3, 0.4) is 0 Å². The van der Waals surface area contributed by atoms with Crippen molar-refractivity contribution in [3.63, 3.8) is 0 Å². The molecule has 0 aliphatic carbocycles. The van der Waals surface area contributed by atoms with Crippen LogP contribution in [0.1, 0.15) is 5.56 Å². The number of aryl methyl sites for hydroxylation is 1. The maximum Gasteiger partial charge on any atom is 0.271 e. The van der Waals surface area contributed by atoms with E-state index >= 15 is 0 Å². The van der Waals surface area contributed by atoms with E-state index in [9.17, 15) is 25.4 Å². The highest BCUT2D eigenvalue weighted by atomic mass is 16.6. The Hall–Kier alpha value is -1.78. The van der Waals surface area contributed by atoms with E-state index in [4.69, 9.17) is 9.84 Å². The fraction of sp³-hybridized carbons (Fsp3) is 0.538. The highest BCUT2D eigenvalue weighted by Gasteiger charge is 2.43. The largest absolute Gasteiger partial charge is 0.394 e. The Morgan fingerprint density at radius 1 is 1.27 bits per heavy atom. The van der Waals surface area contributed by atoms with Gasteiger partial charge in [0.1, 0.15) is 24.4 Å². The first kappa shape index (κ1) is 16.6. The molecule has 0 unspecified atom stereocenters. The van der Waals surface area contributed by atoms with Crippen molar-refractivity contribution in [2.45, 2.75) is 37.6 Å². The van der Waals surface area contributed by atoms with Crippen molar-refractivity contribution in [2.24, 2.45) is 0 Å². The van der Waals surface area contributed by atoms with Gasteiger partial charge in [-0.3, -0.25) is 10.1 Å². The molecule has 0 spiro atoms. The Kier molecular flexibility index (Phi) is 4.94. The van der Waals surface area contributed by atoms with Crippen LogP contribution in [0.25, 0.3) is 0 Å². The second-order valence-corrected chi connectivity index (χ2v) is 5.15. The normalized spacial score (nSPS) is 31.8. The first-order valence-corrected chi connectivity index (χ1v) is 6.67. The van der Waals surface area contributed by atoms with E-state index in [2.05, 4.69) is 5.32 Å². The van der Waals surface area contributed by atoms with Crippen molar-refractivity contribution in [1.29, 1.82) is 0 Å². The number of hydrogen-bond acceptors (Lipinski definition) is 8. The Morgan fingerprint density at radius 3 is 2.55 bits per heavy atom. The van der Waals surface area contributed by atoms with Crippen LogP contribution in [0.15, 0.2) is 18.2 Å². The van der Waals surface area contributed by atoms with Crippen molar-refractivity contribution in [2.75, 3.05) is 11.9 Å². The van der Waals surface area contributed by atoms with Crippen LogP contribution in [0.2, 0.25) is 0 Å². The van der Waals surface area contributed by atoms with Crippen molar-refractivity contribution in [1.82, 2.24) is 0 Å². The second kappa shape index (κ2) is 6.55. The molecule has 1 saturated heterocycles. The highest BCUT2D eigenvalue weighted by molar-refractivity contribution is 5.57. The summed E-state index contributed by atoms with van der Waals surface area (Å²) < 4.78 is 5.30. The second-order valence-electron chi connectivity index (χ2n) is 5.15. The summed E-state index contributed by atoms with van der Waals surface area (Å²) in [5, 5.41) is 52.0. The molecule has 0 radical (unpaired) electrons. The maximum atomic E-state index is 10.8. The van der Waals surface area contributed by atoms with Crippen LogP contribution in [-0.4, -0.2) is 62.6 Å². The van der Waals surface area contributed by atoms with Crippen LogP contribution in [0.4, 0.5) is 11.4 Å². The van der Waals surface area contributed by atoms with Crippen LogP contribution >= 0.6 is 0 Å². The molecule has 0 amide bonds. The number of nitro benzene ring substituents is 1. The summed E-state index contributed by atoms with van der Waals surface area (Å²) in [6.07, 6.45) is -6.60. The third-order valence-electron chi connectivity index (χ3n) is 3.62. The number of hydrogen-bond donors (Lipinski definition) is 5. The molecule has 0 saturated carbocycles. The molecule has 0 bridgehead atoms. The summed E-state index contributed by atoms with van der Waals surface area (Å²) in [6, 6.07) is 4.15. The van der Waals surface area contributed by atoms with E-state index in [1.807, 2.05) is 0 Å². The molecule has 122 valence electrons. The average molecular weight is 314 g/mol. The third kappa shape index (κ3) is 3.18. The van der Waals surface area contributed by atoms with E-state index in [-0.39, 0.29) is 5.69 Å². The predicted molar refractivity (Wildman–Crippen MR) is 75.2 cm³/mol. The summed E-state index contributed by atoms with van der Waals surface area (Å²) in [5.41, 5.74) is 0.874. The molecule has 1 aliphatic rings. The minimum Gasteiger partial charge on any atom is -0.394 e. The molecule has 2 rings (SSSR count). The van der Waals surface area contributed by atoms with Gasteiger partial charge in [-0.2, -0.15) is 0 Å². The van der Waals surface area contributed by atoms with Gasteiger partial charge in [-0.25, -0.2) is 0 Å². The number of nitro groups is 1. The fourth-order valence-electron chi connectivity index (χ4n) is 2.25. The summed E-state index contributed by atoms with van der Waals surface area (Å²) in [6.45, 7) is 1.16. The molecule has 1 aliphatic heterocycles. The van der Waals surface area contributed by atoms with Crippen LogP contribution in [0.5, 0.6) is 0 Å². The SMILES string of the molecule is Cc1ccc([N+](=O)[O-])cc1N[C@@H]1O[C@H](CO)[C@@H](O)[C@H](O)[C@@H]1O. The number of rotatable bonds is 4. The highest BCUT2D eigenvalue weighted by Crippen LogP contribution is 2.27. The quantitative estimate of drug-likeness (QED) is 0.355. The minimum atomic E-state index is -1.51. The summed E-state index contributed by atoms with van der Waals surface area (Å²) in [7, 11) is 0. The number of nitrogens with zero attached hydrogens (tertiary/aromatic N) is 1. The zero-order valence-electron chi connectivity index (χ0n) is 11.8. The third-order valence-corrected chi connectivity index (χ3v) is 3.62. The molecule has 9 heteroatoms. The standard InChI is InChI=1S/C13H18N2O7/c1-6-2-3-7(15(20)21)4-8(6)14-13-12(19)11(18)10(17)9(5-16)22-13/h2-4,9-14,16-19H,5H2,1H3/t9-,10-,11+,12+,13-/m1/s1. The number of aliphatic hydroxyl groups excluding tert-OH is 4. The molecule has 0 aromatic heterocycles. The van der Waals surface area contributed by atoms with Crippen LogP contribution < -0.4 is 5.32 Å². The zero-order chi connectivity index (χ0) is 16.4. The monoisotopic (exact) mass is 314 g/mol. The Morgan fingerprint density at radius 2 is 1.95 bits per heavy atom. The summed E-state index contributed by atoms with van der Waals surface area (Å²) in [5.74, 6) is 0. The van der Waals surface area contributed by atoms with Crippen LogP contribution in [-0.2, 0) is 4.74 Å². The van der Waals surface area contributed by atoms with Gasteiger partial charge in [0, 0.05) is 17.8 Å². The number of non-ortho nitro benzene ring substituents is 1. The van der Waals surface area contributed by atoms with E-state index in [1.165, 1.54) is 18.2 Å². The predicted octanol–water partition coefficient (Wildman–Crippen LogP) is -0.885. The summed E-state index contributed by atoms with van der Waals surface area (Å²) >= 11 is 0. The molecule has 22 heavy (non-hydrogen) atoms. The van der Waals surface area contributed by atoms with Gasteiger partial charge in [0.15, 0.2) is 6.23 Å². The van der Waals surface area contributed by atoms with Crippen LogP contribution in [0, 0.1) is 17.0 Å². The lowest BCUT2D eigenvalue weighted by atomic mass is 9.98. The lowest BCUT2D eigenvalue weighted by molar-refractivity contribution is -0.384. The molecule has 1 fully saturated rings. The Labute approximate surface area is 125 Å². The van der Waals surface area contributed by atoms with E-state index in [0.717, 1.165) is 0 Å². The molecule has 1 heterocycles.